The average Bonchev–Trinajstić information content (AvgIpc) is 1.80. The van der Waals surface area contributed by atoms with Crippen molar-refractivity contribution in [2.75, 3.05) is 0 Å². The zero-order valence-corrected chi connectivity index (χ0v) is 6.99. The fourth-order valence-corrected chi connectivity index (χ4v) is 0.748. The summed E-state index contributed by atoms with van der Waals surface area (Å²) in [5.41, 5.74) is 0.823. The van der Waals surface area contributed by atoms with E-state index in [-0.39, 0.29) is 5.56 Å². The first-order valence-corrected chi connectivity index (χ1v) is 3.39. The van der Waals surface area contributed by atoms with Crippen LogP contribution in [0.25, 0.3) is 0 Å². The highest BCUT2D eigenvalue weighted by molar-refractivity contribution is 14.1. The Labute approximate surface area is 66.2 Å². The summed E-state index contributed by atoms with van der Waals surface area (Å²) < 4.78 is 1.27. The molecule has 1 aromatic heterocycles. The molecule has 0 saturated carbocycles. The molecule has 3 nitrogen and oxygen atoms in total. The summed E-state index contributed by atoms with van der Waals surface area (Å²) in [5, 5.41) is 3.77. The molecule has 0 aliphatic carbocycles. The lowest BCUT2D eigenvalue weighted by Crippen LogP contribution is -2.13. The van der Waals surface area contributed by atoms with Crippen molar-refractivity contribution in [1.29, 1.82) is 0 Å². The van der Waals surface area contributed by atoms with Crippen molar-refractivity contribution < 1.29 is 0 Å². The zero-order valence-electron chi connectivity index (χ0n) is 4.84. The highest BCUT2D eigenvalue weighted by Crippen LogP contribution is 1.88. The fourth-order valence-electron chi connectivity index (χ4n) is 0.484. The van der Waals surface area contributed by atoms with Gasteiger partial charge in [0.1, 0.15) is 0 Å². The summed E-state index contributed by atoms with van der Waals surface area (Å²) >= 11 is 1.83. The van der Waals surface area contributed by atoms with Crippen LogP contribution in [0.3, 0.4) is 0 Å². The summed E-state index contributed by atoms with van der Waals surface area (Å²) in [6.07, 6.45) is 1.65. The molecule has 4 heteroatoms. The van der Waals surface area contributed by atoms with Crippen LogP contribution in [0.2, 0.25) is 0 Å². The number of aromatic nitrogens is 2. The normalized spacial score (nSPS) is 9.56. The summed E-state index contributed by atoms with van der Waals surface area (Å²) in [7, 11) is 0. The molecule has 0 unspecified atom stereocenters. The number of rotatable bonds is 0. The van der Waals surface area contributed by atoms with E-state index in [1.54, 1.807) is 12.3 Å². The molecule has 0 fully saturated rings. The lowest BCUT2D eigenvalue weighted by molar-refractivity contribution is 0.944. The van der Waals surface area contributed by atoms with Crippen molar-refractivity contribution in [3.8, 4) is 0 Å². The third-order valence-electron chi connectivity index (χ3n) is 0.896. The minimum Gasteiger partial charge on any atom is -0.267 e. The molecular weight excluding hydrogens is 231 g/mol. The molecule has 0 atom stereocenters. The van der Waals surface area contributed by atoms with Crippen LogP contribution < -0.4 is 5.56 Å². The van der Waals surface area contributed by atoms with E-state index in [2.05, 4.69) is 5.10 Å². The maximum atomic E-state index is 10.7. The van der Waals surface area contributed by atoms with Crippen molar-refractivity contribution in [1.82, 2.24) is 7.99 Å². The second-order valence-electron chi connectivity index (χ2n) is 1.73. The van der Waals surface area contributed by atoms with Crippen molar-refractivity contribution in [2.24, 2.45) is 0 Å². The van der Waals surface area contributed by atoms with Crippen molar-refractivity contribution in [2.45, 2.75) is 6.92 Å². The zero-order chi connectivity index (χ0) is 6.85. The third kappa shape index (κ3) is 1.51. The Kier molecular flexibility index (Phi) is 1.84. The van der Waals surface area contributed by atoms with E-state index in [4.69, 9.17) is 0 Å². The van der Waals surface area contributed by atoms with Gasteiger partial charge in [0.2, 0.25) is 0 Å². The van der Waals surface area contributed by atoms with Crippen LogP contribution in [-0.2, 0) is 0 Å². The van der Waals surface area contributed by atoms with Crippen LogP contribution >= 0.6 is 22.9 Å². The fraction of sp³-hybridized carbons (Fsp3) is 0.200. The second-order valence-corrected chi connectivity index (χ2v) is 2.65. The van der Waals surface area contributed by atoms with Gasteiger partial charge in [-0.3, -0.25) is 4.79 Å². The molecule has 0 spiro atoms. The Bertz CT molecular complexity index is 268. The molecule has 1 aromatic rings. The van der Waals surface area contributed by atoms with Gasteiger partial charge in [0.05, 0.1) is 29.1 Å². The Morgan fingerprint density at radius 3 is 2.89 bits per heavy atom. The Morgan fingerprint density at radius 1 is 1.78 bits per heavy atom. The van der Waals surface area contributed by atoms with Crippen molar-refractivity contribution in [3.63, 3.8) is 0 Å². The molecule has 1 heterocycles. The van der Waals surface area contributed by atoms with Crippen molar-refractivity contribution in [3.05, 3.63) is 28.2 Å². The Morgan fingerprint density at radius 2 is 2.44 bits per heavy atom. The van der Waals surface area contributed by atoms with E-state index in [0.717, 1.165) is 5.56 Å². The minimum atomic E-state index is -0.0735. The molecule has 48 valence electrons. The highest BCUT2D eigenvalue weighted by Gasteiger charge is 1.89. The molecule has 1 rings (SSSR count). The van der Waals surface area contributed by atoms with Crippen LogP contribution in [0, 0.1) is 6.92 Å². The number of halogens is 1. The van der Waals surface area contributed by atoms with Gasteiger partial charge in [-0.15, -0.1) is 0 Å². The van der Waals surface area contributed by atoms with Gasteiger partial charge in [0.15, 0.2) is 0 Å². The molecular formula is C5H5IN2O. The maximum Gasteiger partial charge on any atom is 0.276 e. The van der Waals surface area contributed by atoms with Gasteiger partial charge in [-0.25, -0.2) is 0 Å². The topological polar surface area (TPSA) is 34.9 Å². The molecule has 0 aromatic carbocycles. The molecule has 9 heavy (non-hydrogen) atoms. The number of hydrogen-bond acceptors (Lipinski definition) is 2. The summed E-state index contributed by atoms with van der Waals surface area (Å²) in [6.45, 7) is 1.84. The lowest BCUT2D eigenvalue weighted by atomic mass is 10.4. The van der Waals surface area contributed by atoms with Gasteiger partial charge < -0.3 is 0 Å². The van der Waals surface area contributed by atoms with Gasteiger partial charge >= 0.3 is 0 Å². The Hall–Kier alpha value is -0.390. The van der Waals surface area contributed by atoms with Gasteiger partial charge in [-0.05, 0) is 12.5 Å². The van der Waals surface area contributed by atoms with Gasteiger partial charge in [0.25, 0.3) is 5.56 Å². The third-order valence-corrected chi connectivity index (χ3v) is 1.62. The number of nitrogens with zero attached hydrogens (tertiary/aromatic N) is 2. The first-order valence-electron chi connectivity index (χ1n) is 2.42. The van der Waals surface area contributed by atoms with E-state index in [0.29, 0.717) is 0 Å². The van der Waals surface area contributed by atoms with E-state index in [1.165, 1.54) is 2.90 Å². The standard InChI is InChI=1S/C5H5IN2O/c1-4-2-5(9)8(6)7-3-4/h2-3H,1H3. The molecule has 0 aliphatic heterocycles. The van der Waals surface area contributed by atoms with E-state index in [1.807, 2.05) is 29.8 Å². The predicted octanol–water partition coefficient (Wildman–Crippen LogP) is 0.750. The first-order chi connectivity index (χ1) is 4.20. The van der Waals surface area contributed by atoms with Crippen LogP contribution in [0.5, 0.6) is 0 Å². The molecule has 0 radical (unpaired) electrons. The quantitative estimate of drug-likeness (QED) is 0.623. The van der Waals surface area contributed by atoms with E-state index < -0.39 is 0 Å². The minimum absolute atomic E-state index is 0.0735. The molecule has 0 amide bonds. The molecule has 0 N–H and O–H groups in total. The van der Waals surface area contributed by atoms with Gasteiger partial charge in [0, 0.05) is 6.07 Å². The summed E-state index contributed by atoms with van der Waals surface area (Å²) in [6, 6.07) is 1.54. The first kappa shape index (κ1) is 6.73. The second kappa shape index (κ2) is 2.47. The monoisotopic (exact) mass is 236 g/mol. The molecule has 0 bridgehead atoms. The van der Waals surface area contributed by atoms with Crippen LogP contribution in [-0.4, -0.2) is 7.99 Å². The molecule has 0 aliphatic rings. The van der Waals surface area contributed by atoms with Gasteiger partial charge in [-0.2, -0.15) is 7.99 Å². The predicted molar refractivity (Wildman–Crippen MR) is 42.7 cm³/mol. The number of hydrogen-bond donors (Lipinski definition) is 0. The summed E-state index contributed by atoms with van der Waals surface area (Å²) in [4.78, 5) is 10.7. The van der Waals surface area contributed by atoms with E-state index >= 15 is 0 Å². The highest BCUT2D eigenvalue weighted by atomic mass is 127. The average molecular weight is 236 g/mol. The summed E-state index contributed by atoms with van der Waals surface area (Å²) in [5.74, 6) is 0. The Balaban J connectivity index is 3.34. The lowest BCUT2D eigenvalue weighted by Gasteiger charge is -1.90. The number of aryl methyl sites for hydroxylation is 1. The molecule has 0 saturated heterocycles. The van der Waals surface area contributed by atoms with Gasteiger partial charge in [-0.1, -0.05) is 0 Å². The van der Waals surface area contributed by atoms with E-state index in [9.17, 15) is 4.79 Å². The van der Waals surface area contributed by atoms with Crippen molar-refractivity contribution >= 4 is 22.9 Å². The largest absolute Gasteiger partial charge is 0.276 e. The maximum absolute atomic E-state index is 10.7. The van der Waals surface area contributed by atoms with Crippen LogP contribution in [0.1, 0.15) is 5.56 Å². The SMILES string of the molecule is Cc1cnn(I)c(=O)c1. The van der Waals surface area contributed by atoms with Crippen LogP contribution in [0.15, 0.2) is 17.1 Å². The van der Waals surface area contributed by atoms with Crippen LogP contribution in [0.4, 0.5) is 0 Å². The smallest absolute Gasteiger partial charge is 0.267 e.